The molecule has 0 unspecified atom stereocenters. The lowest BCUT2D eigenvalue weighted by molar-refractivity contribution is -0.137. The fraction of sp³-hybridized carbons (Fsp3) is 0.421. The summed E-state index contributed by atoms with van der Waals surface area (Å²) in [5.74, 6) is 0.731. The third-order valence-electron chi connectivity index (χ3n) is 4.87. The number of rotatable bonds is 5. The summed E-state index contributed by atoms with van der Waals surface area (Å²) in [6.45, 7) is 2.43. The van der Waals surface area contributed by atoms with Crippen molar-refractivity contribution in [3.63, 3.8) is 0 Å². The molecule has 0 aliphatic carbocycles. The van der Waals surface area contributed by atoms with Gasteiger partial charge in [-0.05, 0) is 43.0 Å². The Morgan fingerprint density at radius 2 is 2.00 bits per heavy atom. The molecular weight excluding hydrogens is 318 g/mol. The lowest BCUT2D eigenvalue weighted by Crippen LogP contribution is -2.48. The van der Waals surface area contributed by atoms with Crippen LogP contribution in [0.4, 0.5) is 0 Å². The molecule has 1 N–H and O–H groups in total. The smallest absolute Gasteiger partial charge is 0.227 e. The molecule has 0 saturated carbocycles. The molecule has 0 spiro atoms. The monoisotopic (exact) mass is 341 g/mol. The number of benzene rings is 1. The number of hydrogen-bond donors (Lipinski definition) is 1. The van der Waals surface area contributed by atoms with Crippen molar-refractivity contribution in [1.82, 2.24) is 14.9 Å². The van der Waals surface area contributed by atoms with Crippen LogP contribution in [0.1, 0.15) is 30.9 Å². The summed E-state index contributed by atoms with van der Waals surface area (Å²) in [6, 6.07) is 7.10. The van der Waals surface area contributed by atoms with E-state index in [0.29, 0.717) is 6.54 Å². The zero-order valence-electron chi connectivity index (χ0n) is 14.6. The number of carbonyl (C=O) groups excluding carboxylic acids is 1. The minimum atomic E-state index is -1.12. The van der Waals surface area contributed by atoms with E-state index in [-0.39, 0.29) is 18.4 Å². The van der Waals surface area contributed by atoms with Gasteiger partial charge in [0, 0.05) is 18.9 Å². The van der Waals surface area contributed by atoms with Crippen LogP contribution in [0.3, 0.4) is 0 Å². The summed E-state index contributed by atoms with van der Waals surface area (Å²) in [6.07, 6.45) is 6.65. The van der Waals surface area contributed by atoms with Gasteiger partial charge in [0.2, 0.25) is 5.91 Å². The van der Waals surface area contributed by atoms with Gasteiger partial charge in [-0.3, -0.25) is 4.79 Å². The van der Waals surface area contributed by atoms with Crippen LogP contribution in [0.25, 0.3) is 0 Å². The SMILES string of the molecule is COc1ccc([C@](C)(O)[C@@H]2CCCN2C(=O)Cc2cncnc2)cc1. The Kier molecular flexibility index (Phi) is 4.99. The third-order valence-corrected chi connectivity index (χ3v) is 4.87. The largest absolute Gasteiger partial charge is 0.497 e. The van der Waals surface area contributed by atoms with Crippen LogP contribution in [0, 0.1) is 0 Å². The molecule has 25 heavy (non-hydrogen) atoms. The Morgan fingerprint density at radius 3 is 2.64 bits per heavy atom. The van der Waals surface area contributed by atoms with Gasteiger partial charge in [-0.2, -0.15) is 0 Å². The van der Waals surface area contributed by atoms with E-state index in [1.807, 2.05) is 24.3 Å². The number of hydrogen-bond acceptors (Lipinski definition) is 5. The average Bonchev–Trinajstić information content (AvgIpc) is 3.13. The van der Waals surface area contributed by atoms with Crippen molar-refractivity contribution in [2.75, 3.05) is 13.7 Å². The first-order valence-corrected chi connectivity index (χ1v) is 8.42. The van der Waals surface area contributed by atoms with Crippen molar-refractivity contribution in [2.45, 2.75) is 37.8 Å². The highest BCUT2D eigenvalue weighted by molar-refractivity contribution is 5.79. The van der Waals surface area contributed by atoms with Gasteiger partial charge in [0.1, 0.15) is 17.7 Å². The second-order valence-electron chi connectivity index (χ2n) is 6.54. The van der Waals surface area contributed by atoms with Gasteiger partial charge in [0.15, 0.2) is 0 Å². The molecule has 0 radical (unpaired) electrons. The molecule has 1 amide bonds. The Balaban J connectivity index is 1.78. The molecule has 2 heterocycles. The molecular formula is C19H23N3O3. The summed E-state index contributed by atoms with van der Waals surface area (Å²) < 4.78 is 5.18. The fourth-order valence-corrected chi connectivity index (χ4v) is 3.47. The maximum Gasteiger partial charge on any atom is 0.227 e. The third kappa shape index (κ3) is 3.64. The second-order valence-corrected chi connectivity index (χ2v) is 6.54. The number of nitrogens with zero attached hydrogens (tertiary/aromatic N) is 3. The molecule has 1 aromatic heterocycles. The normalized spacial score (nSPS) is 19.5. The molecule has 0 bridgehead atoms. The number of ether oxygens (including phenoxy) is 1. The predicted molar refractivity (Wildman–Crippen MR) is 93.0 cm³/mol. The summed E-state index contributed by atoms with van der Waals surface area (Å²) >= 11 is 0. The van der Waals surface area contributed by atoms with Crippen LogP contribution in [0.15, 0.2) is 43.0 Å². The van der Waals surface area contributed by atoms with E-state index in [1.165, 1.54) is 6.33 Å². The standard InChI is InChI=1S/C19H23N3O3/c1-19(24,15-5-7-16(25-2)8-6-15)17-4-3-9-22(17)18(23)10-14-11-20-13-21-12-14/h5-8,11-13,17,24H,3-4,9-10H2,1-2H3/t17-,19-/m0/s1. The highest BCUT2D eigenvalue weighted by atomic mass is 16.5. The highest BCUT2D eigenvalue weighted by Gasteiger charge is 2.42. The summed E-state index contributed by atoms with van der Waals surface area (Å²) in [5, 5.41) is 11.2. The fourth-order valence-electron chi connectivity index (χ4n) is 3.47. The van der Waals surface area contributed by atoms with Crippen LogP contribution < -0.4 is 4.74 Å². The number of aromatic nitrogens is 2. The van der Waals surface area contributed by atoms with E-state index in [1.54, 1.807) is 31.3 Å². The lowest BCUT2D eigenvalue weighted by atomic mass is 9.86. The molecule has 3 rings (SSSR count). The van der Waals surface area contributed by atoms with Crippen molar-refractivity contribution in [1.29, 1.82) is 0 Å². The number of aliphatic hydroxyl groups is 1. The van der Waals surface area contributed by atoms with E-state index in [0.717, 1.165) is 29.7 Å². The molecule has 132 valence electrons. The van der Waals surface area contributed by atoms with E-state index < -0.39 is 5.60 Å². The number of carbonyl (C=O) groups is 1. The predicted octanol–water partition coefficient (Wildman–Crippen LogP) is 1.93. The maximum atomic E-state index is 12.7. The summed E-state index contributed by atoms with van der Waals surface area (Å²) in [4.78, 5) is 22.4. The van der Waals surface area contributed by atoms with Crippen LogP contribution in [-0.2, 0) is 16.8 Å². The van der Waals surface area contributed by atoms with Crippen molar-refractivity contribution in [2.24, 2.45) is 0 Å². The van der Waals surface area contributed by atoms with E-state index in [2.05, 4.69) is 9.97 Å². The van der Waals surface area contributed by atoms with Crippen molar-refractivity contribution >= 4 is 5.91 Å². The topological polar surface area (TPSA) is 75.6 Å². The van der Waals surface area contributed by atoms with E-state index >= 15 is 0 Å². The minimum Gasteiger partial charge on any atom is -0.497 e. The second kappa shape index (κ2) is 7.19. The Bertz CT molecular complexity index is 716. The van der Waals surface area contributed by atoms with Gasteiger partial charge in [0.05, 0.1) is 19.6 Å². The first kappa shape index (κ1) is 17.4. The highest BCUT2D eigenvalue weighted by Crippen LogP contribution is 2.35. The summed E-state index contributed by atoms with van der Waals surface area (Å²) in [7, 11) is 1.61. The van der Waals surface area contributed by atoms with Gasteiger partial charge in [-0.1, -0.05) is 12.1 Å². The van der Waals surface area contributed by atoms with Crippen molar-refractivity contribution < 1.29 is 14.6 Å². The molecule has 1 aromatic carbocycles. The van der Waals surface area contributed by atoms with Gasteiger partial charge >= 0.3 is 0 Å². The van der Waals surface area contributed by atoms with Gasteiger partial charge in [-0.25, -0.2) is 9.97 Å². The van der Waals surface area contributed by atoms with Gasteiger partial charge < -0.3 is 14.7 Å². The minimum absolute atomic E-state index is 0.00825. The molecule has 1 fully saturated rings. The Morgan fingerprint density at radius 1 is 1.32 bits per heavy atom. The molecule has 6 heteroatoms. The molecule has 2 aromatic rings. The number of likely N-dealkylation sites (tertiary alicyclic amines) is 1. The van der Waals surface area contributed by atoms with Gasteiger partial charge in [-0.15, -0.1) is 0 Å². The first-order valence-electron chi connectivity index (χ1n) is 8.42. The molecule has 6 nitrogen and oxygen atoms in total. The molecule has 1 aliphatic heterocycles. The van der Waals surface area contributed by atoms with Crippen LogP contribution in [0.5, 0.6) is 5.75 Å². The van der Waals surface area contributed by atoms with Crippen LogP contribution >= 0.6 is 0 Å². The molecule has 1 aliphatic rings. The molecule has 1 saturated heterocycles. The van der Waals surface area contributed by atoms with E-state index in [4.69, 9.17) is 4.74 Å². The first-order chi connectivity index (χ1) is 12.0. The number of amides is 1. The molecule has 2 atom stereocenters. The van der Waals surface area contributed by atoms with E-state index in [9.17, 15) is 9.90 Å². The van der Waals surface area contributed by atoms with Crippen LogP contribution in [-0.4, -0.2) is 45.6 Å². The van der Waals surface area contributed by atoms with Crippen molar-refractivity contribution in [3.8, 4) is 5.75 Å². The zero-order chi connectivity index (χ0) is 17.9. The van der Waals surface area contributed by atoms with Gasteiger partial charge in [0.25, 0.3) is 0 Å². The maximum absolute atomic E-state index is 12.7. The Hall–Kier alpha value is -2.47. The lowest BCUT2D eigenvalue weighted by Gasteiger charge is -2.37. The van der Waals surface area contributed by atoms with Crippen LogP contribution in [0.2, 0.25) is 0 Å². The van der Waals surface area contributed by atoms with Crippen molar-refractivity contribution in [3.05, 3.63) is 54.1 Å². The number of methoxy groups -OCH3 is 1. The summed E-state index contributed by atoms with van der Waals surface area (Å²) in [5.41, 5.74) is 0.439. The average molecular weight is 341 g/mol. The Labute approximate surface area is 147 Å². The zero-order valence-corrected chi connectivity index (χ0v) is 14.6. The quantitative estimate of drug-likeness (QED) is 0.899.